The quantitative estimate of drug-likeness (QED) is 0.698. The van der Waals surface area contributed by atoms with Gasteiger partial charge in [0.1, 0.15) is 0 Å². The van der Waals surface area contributed by atoms with Gasteiger partial charge in [0.05, 0.1) is 0 Å². The van der Waals surface area contributed by atoms with Gasteiger partial charge in [-0.05, 0) is 37.5 Å². The maximum Gasteiger partial charge on any atom is 0.254 e. The molecule has 0 N–H and O–H groups in total. The molecule has 1 aromatic rings. The van der Waals surface area contributed by atoms with Gasteiger partial charge in [0.15, 0.2) is 0 Å². The van der Waals surface area contributed by atoms with E-state index in [9.17, 15) is 4.79 Å². The number of hydrogen-bond donors (Lipinski definition) is 0. The molecule has 1 aliphatic rings. The molecule has 92 valence electrons. The van der Waals surface area contributed by atoms with E-state index in [2.05, 4.69) is 31.9 Å². The van der Waals surface area contributed by atoms with Crippen molar-refractivity contribution in [3.8, 4) is 0 Å². The summed E-state index contributed by atoms with van der Waals surface area (Å²) in [5, 5.41) is 0. The van der Waals surface area contributed by atoms with Gasteiger partial charge in [-0.15, -0.1) is 0 Å². The van der Waals surface area contributed by atoms with Crippen molar-refractivity contribution in [1.29, 1.82) is 0 Å². The van der Waals surface area contributed by atoms with Crippen LogP contribution in [0.1, 0.15) is 28.8 Å². The number of nitrogens with zero attached hydrogens (tertiary/aromatic N) is 1. The average Bonchev–Trinajstić information content (AvgIpc) is 2.32. The zero-order valence-electron chi connectivity index (χ0n) is 9.75. The Labute approximate surface area is 119 Å². The molecule has 2 nitrogen and oxygen atoms in total. The van der Waals surface area contributed by atoms with Crippen molar-refractivity contribution >= 4 is 37.8 Å². The average molecular weight is 361 g/mol. The SMILES string of the molecule is Cc1c(Br)cccc1C(=O)N1CCCC(Br)C1. The van der Waals surface area contributed by atoms with Crippen LogP contribution in [0.25, 0.3) is 0 Å². The van der Waals surface area contributed by atoms with Crippen molar-refractivity contribution in [3.05, 3.63) is 33.8 Å². The zero-order chi connectivity index (χ0) is 12.4. The maximum atomic E-state index is 12.4. The molecule has 4 heteroatoms. The Morgan fingerprint density at radius 1 is 1.47 bits per heavy atom. The third-order valence-corrected chi connectivity index (χ3v) is 4.76. The van der Waals surface area contributed by atoms with Crippen molar-refractivity contribution in [2.24, 2.45) is 0 Å². The molecule has 0 spiro atoms. The van der Waals surface area contributed by atoms with Crippen LogP contribution in [0.4, 0.5) is 0 Å². The minimum atomic E-state index is 0.146. The lowest BCUT2D eigenvalue weighted by molar-refractivity contribution is 0.0729. The smallest absolute Gasteiger partial charge is 0.254 e. The molecular weight excluding hydrogens is 346 g/mol. The Hall–Kier alpha value is -0.350. The second-order valence-electron chi connectivity index (χ2n) is 4.40. The van der Waals surface area contributed by atoms with Gasteiger partial charge >= 0.3 is 0 Å². The van der Waals surface area contributed by atoms with E-state index in [1.165, 1.54) is 0 Å². The van der Waals surface area contributed by atoms with Crippen LogP contribution in [-0.4, -0.2) is 28.7 Å². The van der Waals surface area contributed by atoms with Crippen molar-refractivity contribution in [2.75, 3.05) is 13.1 Å². The number of piperidine rings is 1. The summed E-state index contributed by atoms with van der Waals surface area (Å²) in [5.41, 5.74) is 1.83. The van der Waals surface area contributed by atoms with E-state index in [1.54, 1.807) is 0 Å². The lowest BCUT2D eigenvalue weighted by atomic mass is 10.1. The maximum absolute atomic E-state index is 12.4. The van der Waals surface area contributed by atoms with E-state index in [4.69, 9.17) is 0 Å². The predicted molar refractivity (Wildman–Crippen MR) is 76.7 cm³/mol. The van der Waals surface area contributed by atoms with Crippen molar-refractivity contribution in [3.63, 3.8) is 0 Å². The fourth-order valence-corrected chi connectivity index (χ4v) is 3.16. The number of likely N-dealkylation sites (tertiary alicyclic amines) is 1. The van der Waals surface area contributed by atoms with E-state index in [-0.39, 0.29) is 5.91 Å². The molecule has 1 heterocycles. The largest absolute Gasteiger partial charge is 0.338 e. The summed E-state index contributed by atoms with van der Waals surface area (Å²) in [6.45, 7) is 3.66. The minimum Gasteiger partial charge on any atom is -0.338 e. The molecule has 1 amide bonds. The molecule has 2 rings (SSSR count). The fourth-order valence-electron chi connectivity index (χ4n) is 2.12. The van der Waals surface area contributed by atoms with Crippen LogP contribution in [-0.2, 0) is 0 Å². The first-order valence-electron chi connectivity index (χ1n) is 5.78. The first kappa shape index (κ1) is 13.1. The third kappa shape index (κ3) is 2.91. The Balaban J connectivity index is 2.22. The molecule has 1 unspecified atom stereocenters. The lowest BCUT2D eigenvalue weighted by Gasteiger charge is -2.30. The van der Waals surface area contributed by atoms with Gasteiger partial charge in [-0.25, -0.2) is 0 Å². The van der Waals surface area contributed by atoms with Gasteiger partial charge < -0.3 is 4.90 Å². The number of amides is 1. The predicted octanol–water partition coefficient (Wildman–Crippen LogP) is 3.76. The highest BCUT2D eigenvalue weighted by Gasteiger charge is 2.24. The summed E-state index contributed by atoms with van der Waals surface area (Å²) in [5.74, 6) is 0.146. The first-order chi connectivity index (χ1) is 8.09. The highest BCUT2D eigenvalue weighted by molar-refractivity contribution is 9.10. The number of alkyl halides is 1. The van der Waals surface area contributed by atoms with Crippen LogP contribution in [0.2, 0.25) is 0 Å². The van der Waals surface area contributed by atoms with E-state index in [0.717, 1.165) is 41.5 Å². The van der Waals surface area contributed by atoms with Crippen LogP contribution >= 0.6 is 31.9 Å². The van der Waals surface area contributed by atoms with Crippen molar-refractivity contribution < 1.29 is 4.79 Å². The van der Waals surface area contributed by atoms with E-state index < -0.39 is 0 Å². The van der Waals surface area contributed by atoms with Crippen molar-refractivity contribution in [1.82, 2.24) is 4.90 Å². The van der Waals surface area contributed by atoms with E-state index in [0.29, 0.717) is 4.83 Å². The molecule has 1 saturated heterocycles. The summed E-state index contributed by atoms with van der Waals surface area (Å²) >= 11 is 7.07. The Bertz CT molecular complexity index is 433. The van der Waals surface area contributed by atoms with Crippen molar-refractivity contribution in [2.45, 2.75) is 24.6 Å². The molecule has 1 aliphatic heterocycles. The summed E-state index contributed by atoms with van der Waals surface area (Å²) < 4.78 is 0.996. The van der Waals surface area contributed by atoms with Crippen LogP contribution in [0, 0.1) is 6.92 Å². The van der Waals surface area contributed by atoms with Gasteiger partial charge in [0.2, 0.25) is 0 Å². The van der Waals surface area contributed by atoms with Gasteiger partial charge in [0, 0.05) is 28.0 Å². The summed E-state index contributed by atoms with van der Waals surface area (Å²) in [4.78, 5) is 14.8. The fraction of sp³-hybridized carbons (Fsp3) is 0.462. The minimum absolute atomic E-state index is 0.146. The normalized spacial score (nSPS) is 20.4. The second kappa shape index (κ2) is 5.53. The van der Waals surface area contributed by atoms with E-state index >= 15 is 0 Å². The van der Waals surface area contributed by atoms with Gasteiger partial charge in [0.25, 0.3) is 5.91 Å². The van der Waals surface area contributed by atoms with Crippen LogP contribution in [0.15, 0.2) is 22.7 Å². The highest BCUT2D eigenvalue weighted by atomic mass is 79.9. The zero-order valence-corrected chi connectivity index (χ0v) is 12.9. The first-order valence-corrected chi connectivity index (χ1v) is 7.49. The molecule has 0 bridgehead atoms. The number of rotatable bonds is 1. The summed E-state index contributed by atoms with van der Waals surface area (Å²) in [7, 11) is 0. The topological polar surface area (TPSA) is 20.3 Å². The summed E-state index contributed by atoms with van der Waals surface area (Å²) in [6, 6.07) is 5.79. The number of carbonyl (C=O) groups excluding carboxylic acids is 1. The standard InChI is InChI=1S/C13H15Br2NO/c1-9-11(5-2-6-12(9)15)13(17)16-7-3-4-10(14)8-16/h2,5-6,10H,3-4,7-8H2,1H3. The summed E-state index contributed by atoms with van der Waals surface area (Å²) in [6.07, 6.45) is 2.23. The molecule has 0 aliphatic carbocycles. The lowest BCUT2D eigenvalue weighted by Crippen LogP contribution is -2.40. The third-order valence-electron chi connectivity index (χ3n) is 3.15. The Kier molecular flexibility index (Phi) is 4.26. The van der Waals surface area contributed by atoms with E-state index in [1.807, 2.05) is 30.0 Å². The molecular formula is C13H15Br2NO. The Morgan fingerprint density at radius 3 is 2.94 bits per heavy atom. The molecule has 0 saturated carbocycles. The monoisotopic (exact) mass is 359 g/mol. The molecule has 17 heavy (non-hydrogen) atoms. The molecule has 1 aromatic carbocycles. The van der Waals surface area contributed by atoms with Crippen LogP contribution < -0.4 is 0 Å². The van der Waals surface area contributed by atoms with Gasteiger partial charge in [-0.2, -0.15) is 0 Å². The molecule has 1 fully saturated rings. The molecule has 0 radical (unpaired) electrons. The van der Waals surface area contributed by atoms with Crippen LogP contribution in [0.5, 0.6) is 0 Å². The molecule has 1 atom stereocenters. The van der Waals surface area contributed by atoms with Gasteiger partial charge in [-0.1, -0.05) is 37.9 Å². The number of halogens is 2. The Morgan fingerprint density at radius 2 is 2.24 bits per heavy atom. The molecule has 0 aromatic heterocycles. The number of benzene rings is 1. The van der Waals surface area contributed by atoms with Gasteiger partial charge in [-0.3, -0.25) is 4.79 Å². The van der Waals surface area contributed by atoms with Crippen LogP contribution in [0.3, 0.4) is 0 Å². The number of carbonyl (C=O) groups is 1. The second-order valence-corrected chi connectivity index (χ2v) is 6.55. The number of hydrogen-bond acceptors (Lipinski definition) is 1. The highest BCUT2D eigenvalue weighted by Crippen LogP contribution is 2.23.